The standard InChI is InChI=1S/C22H25NO4.C4H6.C2H4O/c1-4-16(3)15-26-21(25)22(13-9-12-17-10-7-6-8-11-17)18(5-2)27-20-14-19(24)23(20)22;1-3-4-2;1-2-3/h4-12,20H,13-15H2,1-3H3;3-4H,1-2H2;2H,1H3/b12-9+,16-4+,18-5-;;/t20-,22?;;/m1../s1. The van der Waals surface area contributed by atoms with E-state index in [0.717, 1.165) is 17.4 Å². The average Bonchev–Trinajstić information content (AvgIpc) is 3.11. The van der Waals surface area contributed by atoms with Crippen LogP contribution in [0.5, 0.6) is 0 Å². The van der Waals surface area contributed by atoms with Gasteiger partial charge in [-0.1, -0.05) is 73.9 Å². The van der Waals surface area contributed by atoms with Crippen LogP contribution in [0.1, 0.15) is 46.1 Å². The number of rotatable bonds is 7. The molecule has 2 saturated heterocycles. The summed E-state index contributed by atoms with van der Waals surface area (Å²) in [6.45, 7) is 14.0. The summed E-state index contributed by atoms with van der Waals surface area (Å²) in [7, 11) is 0. The van der Waals surface area contributed by atoms with Crippen LogP contribution in [0.2, 0.25) is 0 Å². The van der Waals surface area contributed by atoms with E-state index in [0.29, 0.717) is 18.6 Å². The van der Waals surface area contributed by atoms with Gasteiger partial charge in [-0.05, 0) is 44.9 Å². The quantitative estimate of drug-likeness (QED) is 0.177. The minimum absolute atomic E-state index is 0.0929. The van der Waals surface area contributed by atoms with E-state index < -0.39 is 11.5 Å². The molecule has 1 amide bonds. The van der Waals surface area contributed by atoms with E-state index in [1.165, 1.54) is 11.8 Å². The first kappa shape index (κ1) is 28.4. The maximum Gasteiger partial charge on any atom is 0.340 e. The van der Waals surface area contributed by atoms with Crippen LogP contribution >= 0.6 is 0 Å². The number of β-lactam (4-membered cyclic amide) rings is 1. The molecule has 182 valence electrons. The zero-order valence-electron chi connectivity index (χ0n) is 20.5. The van der Waals surface area contributed by atoms with Crippen molar-refractivity contribution in [1.29, 1.82) is 0 Å². The lowest BCUT2D eigenvalue weighted by atomic mass is 9.88. The Hall–Kier alpha value is -3.67. The molecule has 34 heavy (non-hydrogen) atoms. The molecule has 2 aliphatic rings. The maximum atomic E-state index is 13.1. The molecule has 1 aromatic carbocycles. The molecular weight excluding hydrogens is 430 g/mol. The number of amides is 1. The summed E-state index contributed by atoms with van der Waals surface area (Å²) in [6.07, 6.45) is 11.7. The summed E-state index contributed by atoms with van der Waals surface area (Å²) >= 11 is 0. The van der Waals surface area contributed by atoms with Crippen LogP contribution in [0.25, 0.3) is 6.08 Å². The lowest BCUT2D eigenvalue weighted by Crippen LogP contribution is -2.63. The number of hydrogen-bond donors (Lipinski definition) is 0. The Bertz CT molecular complexity index is 939. The van der Waals surface area contributed by atoms with Crippen molar-refractivity contribution in [3.05, 3.63) is 90.8 Å². The molecule has 0 aliphatic carbocycles. The van der Waals surface area contributed by atoms with Gasteiger partial charge in [0.05, 0.1) is 6.42 Å². The SMILES string of the molecule is C/C=C1\O[C@@H]2CC(=O)N2C1(C/C=C/c1ccccc1)C(=O)OC/C(C)=C/C.C=CC=C.CC=O. The molecule has 2 aliphatic heterocycles. The number of ether oxygens (including phenoxy) is 2. The molecule has 6 nitrogen and oxygen atoms in total. The van der Waals surface area contributed by atoms with Crippen molar-refractivity contribution in [1.82, 2.24) is 4.90 Å². The minimum Gasteiger partial charge on any atom is -0.471 e. The fourth-order valence-corrected chi connectivity index (χ4v) is 3.40. The highest BCUT2D eigenvalue weighted by atomic mass is 16.6. The molecule has 1 aromatic rings. The normalized spacial score (nSPS) is 21.7. The van der Waals surface area contributed by atoms with Gasteiger partial charge in [0.1, 0.15) is 18.7 Å². The summed E-state index contributed by atoms with van der Waals surface area (Å²) in [5.41, 5.74) is 0.748. The van der Waals surface area contributed by atoms with E-state index in [2.05, 4.69) is 13.2 Å². The highest BCUT2D eigenvalue weighted by molar-refractivity contribution is 5.95. The van der Waals surface area contributed by atoms with Gasteiger partial charge >= 0.3 is 5.97 Å². The Balaban J connectivity index is 0.000000732. The van der Waals surface area contributed by atoms with Crippen LogP contribution in [0.4, 0.5) is 0 Å². The van der Waals surface area contributed by atoms with Gasteiger partial charge < -0.3 is 14.3 Å². The molecular formula is C28H35NO5. The Kier molecular flexibility index (Phi) is 12.1. The fourth-order valence-electron chi connectivity index (χ4n) is 3.40. The Morgan fingerprint density at radius 1 is 1.21 bits per heavy atom. The number of aldehydes is 1. The van der Waals surface area contributed by atoms with E-state index in [1.807, 2.05) is 69.3 Å². The molecule has 3 rings (SSSR count). The van der Waals surface area contributed by atoms with Gasteiger partial charge in [-0.15, -0.1) is 0 Å². The van der Waals surface area contributed by atoms with Gasteiger partial charge in [0.2, 0.25) is 11.4 Å². The first-order valence-electron chi connectivity index (χ1n) is 11.2. The number of allylic oxidation sites excluding steroid dienone is 4. The second-order valence-electron chi connectivity index (χ2n) is 7.49. The number of carbonyl (C=O) groups excluding carboxylic acids is 3. The zero-order chi connectivity index (χ0) is 25.6. The van der Waals surface area contributed by atoms with Crippen molar-refractivity contribution in [2.45, 2.75) is 52.3 Å². The van der Waals surface area contributed by atoms with Gasteiger partial charge in [-0.25, -0.2) is 4.79 Å². The number of benzene rings is 1. The van der Waals surface area contributed by atoms with E-state index in [9.17, 15) is 9.59 Å². The molecule has 0 aromatic heterocycles. The van der Waals surface area contributed by atoms with Crippen LogP contribution in [-0.2, 0) is 23.9 Å². The van der Waals surface area contributed by atoms with E-state index >= 15 is 0 Å². The first-order chi connectivity index (χ1) is 16.4. The molecule has 2 atom stereocenters. The number of nitrogens with zero attached hydrogens (tertiary/aromatic N) is 1. The third kappa shape index (κ3) is 6.91. The molecule has 0 N–H and O–H groups in total. The van der Waals surface area contributed by atoms with Crippen molar-refractivity contribution in [3.63, 3.8) is 0 Å². The average molecular weight is 466 g/mol. The van der Waals surface area contributed by atoms with Gasteiger partial charge in [0.15, 0.2) is 6.23 Å². The number of esters is 1. The predicted molar refractivity (Wildman–Crippen MR) is 135 cm³/mol. The van der Waals surface area contributed by atoms with Crippen LogP contribution in [0, 0.1) is 0 Å². The monoisotopic (exact) mass is 465 g/mol. The fraction of sp³-hybridized carbons (Fsp3) is 0.321. The van der Waals surface area contributed by atoms with Crippen LogP contribution < -0.4 is 0 Å². The van der Waals surface area contributed by atoms with E-state index in [-0.39, 0.29) is 18.7 Å². The third-order valence-electron chi connectivity index (χ3n) is 5.20. The van der Waals surface area contributed by atoms with Gasteiger partial charge in [0, 0.05) is 6.42 Å². The maximum absolute atomic E-state index is 13.1. The second kappa shape index (κ2) is 14.5. The summed E-state index contributed by atoms with van der Waals surface area (Å²) in [5.74, 6) is -0.0612. The van der Waals surface area contributed by atoms with Crippen molar-refractivity contribution in [2.24, 2.45) is 0 Å². The van der Waals surface area contributed by atoms with Crippen LogP contribution in [0.3, 0.4) is 0 Å². The highest BCUT2D eigenvalue weighted by Crippen LogP contribution is 2.47. The van der Waals surface area contributed by atoms with Gasteiger partial charge in [-0.3, -0.25) is 9.69 Å². The smallest absolute Gasteiger partial charge is 0.340 e. The Labute approximate surface area is 202 Å². The number of fused-ring (bicyclic) bond motifs is 1. The molecule has 0 spiro atoms. The number of hydrogen-bond acceptors (Lipinski definition) is 5. The Morgan fingerprint density at radius 3 is 2.32 bits per heavy atom. The molecule has 2 heterocycles. The predicted octanol–water partition coefficient (Wildman–Crippen LogP) is 5.39. The number of carbonyl (C=O) groups is 3. The first-order valence-corrected chi connectivity index (χ1v) is 11.2. The van der Waals surface area contributed by atoms with E-state index in [1.54, 1.807) is 18.2 Å². The molecule has 6 heteroatoms. The van der Waals surface area contributed by atoms with Crippen LogP contribution in [0.15, 0.2) is 85.2 Å². The minimum atomic E-state index is -1.23. The van der Waals surface area contributed by atoms with Crippen molar-refractivity contribution in [2.75, 3.05) is 6.61 Å². The van der Waals surface area contributed by atoms with Crippen molar-refractivity contribution < 1.29 is 23.9 Å². The zero-order valence-corrected chi connectivity index (χ0v) is 20.5. The van der Waals surface area contributed by atoms with Crippen LogP contribution in [-0.4, -0.2) is 41.4 Å². The third-order valence-corrected chi connectivity index (χ3v) is 5.20. The molecule has 0 radical (unpaired) electrons. The lowest BCUT2D eigenvalue weighted by molar-refractivity contribution is -0.172. The topological polar surface area (TPSA) is 72.9 Å². The van der Waals surface area contributed by atoms with Gasteiger partial charge in [-0.2, -0.15) is 0 Å². The van der Waals surface area contributed by atoms with Gasteiger partial charge in [0.25, 0.3) is 0 Å². The molecule has 1 unspecified atom stereocenters. The van der Waals surface area contributed by atoms with Crippen molar-refractivity contribution >= 4 is 24.2 Å². The molecule has 2 fully saturated rings. The molecule has 0 saturated carbocycles. The Morgan fingerprint density at radius 2 is 1.82 bits per heavy atom. The lowest BCUT2D eigenvalue weighted by Gasteiger charge is -2.41. The van der Waals surface area contributed by atoms with E-state index in [4.69, 9.17) is 14.3 Å². The highest BCUT2D eigenvalue weighted by Gasteiger charge is 2.64. The van der Waals surface area contributed by atoms with Crippen molar-refractivity contribution in [3.8, 4) is 0 Å². The summed E-state index contributed by atoms with van der Waals surface area (Å²) in [5, 5.41) is 0. The molecule has 0 bridgehead atoms. The second-order valence-corrected chi connectivity index (χ2v) is 7.49. The summed E-state index contributed by atoms with van der Waals surface area (Å²) in [6, 6.07) is 9.82. The largest absolute Gasteiger partial charge is 0.471 e. The summed E-state index contributed by atoms with van der Waals surface area (Å²) in [4.78, 5) is 35.8. The summed E-state index contributed by atoms with van der Waals surface area (Å²) < 4.78 is 11.4.